The molecule has 0 unspecified atom stereocenters. The molecule has 0 aromatic rings. The average molecular weight is 170 g/mol. The second kappa shape index (κ2) is 3.87. The Bertz CT molecular complexity index is 87.8. The van der Waals surface area contributed by atoms with Gasteiger partial charge in [0.15, 0.2) is 0 Å². The van der Waals surface area contributed by atoms with Crippen LogP contribution >= 0.6 is 34.8 Å². The maximum absolute atomic E-state index is 9.62. The maximum Gasteiger partial charge on any atom is 0.356 e. The van der Waals surface area contributed by atoms with Crippen LogP contribution in [-0.2, 0) is 4.79 Å². The van der Waals surface area contributed by atoms with Crippen LogP contribution in [0.25, 0.3) is 0 Å². The number of carboxylic acid groups (broad SMARTS) is 1. The van der Waals surface area contributed by atoms with Gasteiger partial charge in [0, 0.05) is 18.9 Å². The van der Waals surface area contributed by atoms with Gasteiger partial charge >= 0.3 is 5.97 Å². The molecule has 0 saturated heterocycles. The third-order valence-corrected chi connectivity index (χ3v) is 0.728. The molecule has 0 bridgehead atoms. The van der Waals surface area contributed by atoms with E-state index in [0.717, 1.165) is 0 Å². The van der Waals surface area contributed by atoms with Crippen molar-refractivity contribution in [3.05, 3.63) is 0 Å². The molecule has 2 nitrogen and oxygen atoms in total. The molecule has 0 spiro atoms. The van der Waals surface area contributed by atoms with Gasteiger partial charge in [-0.05, 0) is 0 Å². The van der Waals surface area contributed by atoms with E-state index in [-0.39, 0.29) is 18.9 Å². The zero-order chi connectivity index (χ0) is 6.08. The maximum atomic E-state index is 9.62. The van der Waals surface area contributed by atoms with E-state index in [0.29, 0.717) is 0 Å². The topological polar surface area (TPSA) is 37.3 Å². The molecule has 0 aromatic carbocycles. The molecule has 8 heavy (non-hydrogen) atoms. The number of rotatable bonds is 0. The Balaban J connectivity index is 0. The molecule has 0 atom stereocenters. The van der Waals surface area contributed by atoms with Crippen molar-refractivity contribution in [1.82, 2.24) is 0 Å². The van der Waals surface area contributed by atoms with Crippen LogP contribution in [0.5, 0.6) is 0 Å². The van der Waals surface area contributed by atoms with Crippen molar-refractivity contribution in [2.75, 3.05) is 0 Å². The third-order valence-electron chi connectivity index (χ3n) is 0.243. The summed E-state index contributed by atoms with van der Waals surface area (Å²) in [4.78, 5) is 9.62. The summed E-state index contributed by atoms with van der Waals surface area (Å²) >= 11 is 14.4. The molecule has 1 radical (unpaired) electrons. The first kappa shape index (κ1) is 11.7. The fourth-order valence-electron chi connectivity index (χ4n) is 0. The summed E-state index contributed by atoms with van der Waals surface area (Å²) < 4.78 is -2.17. The summed E-state index contributed by atoms with van der Waals surface area (Å²) in [5.74, 6) is -1.46. The summed E-state index contributed by atoms with van der Waals surface area (Å²) in [6, 6.07) is 0. The van der Waals surface area contributed by atoms with Gasteiger partial charge < -0.3 is 5.11 Å². The second-order valence-electron chi connectivity index (χ2n) is 0.803. The van der Waals surface area contributed by atoms with E-state index in [1.54, 1.807) is 0 Å². The molecule has 0 heterocycles. The minimum atomic E-state index is -2.17. The smallest absolute Gasteiger partial charge is 0.356 e. The molecule has 0 aromatic heterocycles. The monoisotopic (exact) mass is 169 g/mol. The van der Waals surface area contributed by atoms with Gasteiger partial charge in [0.05, 0.1) is 0 Å². The number of alkyl halides is 3. The minimum absolute atomic E-state index is 0. The third kappa shape index (κ3) is 5.08. The van der Waals surface area contributed by atoms with Crippen LogP contribution in [0.2, 0.25) is 0 Å². The molecule has 0 amide bonds. The average Bonchev–Trinajstić information content (AvgIpc) is 1.31. The Morgan fingerprint density at radius 3 is 1.50 bits per heavy atom. The molecule has 0 rings (SSSR count). The molecule has 6 heteroatoms. The van der Waals surface area contributed by atoms with Gasteiger partial charge in [-0.15, -0.1) is 0 Å². The Morgan fingerprint density at radius 2 is 1.50 bits per heavy atom. The first-order valence-corrected chi connectivity index (χ1v) is 2.38. The molecule has 1 N–H and O–H groups in total. The van der Waals surface area contributed by atoms with E-state index in [4.69, 9.17) is 39.9 Å². The minimum Gasteiger partial charge on any atom is -0.478 e. The molecule has 0 fully saturated rings. The second-order valence-corrected chi connectivity index (χ2v) is 3.08. The number of carbonyl (C=O) groups is 1. The molecule has 0 saturated carbocycles. The summed E-state index contributed by atoms with van der Waals surface area (Å²) in [6.45, 7) is 0. The molecular weight excluding hydrogens is 169 g/mol. The van der Waals surface area contributed by atoms with Crippen LogP contribution in [0.4, 0.5) is 0 Å². The fourth-order valence-corrected chi connectivity index (χ4v) is 0. The molecular formula is C2HCl3LiO2. The predicted octanol–water partition coefficient (Wildman–Crippen LogP) is 1.06. The van der Waals surface area contributed by atoms with Gasteiger partial charge in [-0.25, -0.2) is 4.79 Å². The van der Waals surface area contributed by atoms with E-state index >= 15 is 0 Å². The largest absolute Gasteiger partial charge is 0.478 e. The van der Waals surface area contributed by atoms with E-state index in [2.05, 4.69) is 0 Å². The van der Waals surface area contributed by atoms with Crippen LogP contribution < -0.4 is 0 Å². The van der Waals surface area contributed by atoms with Crippen molar-refractivity contribution in [3.63, 3.8) is 0 Å². The zero-order valence-corrected chi connectivity index (χ0v) is 6.26. The number of hydrogen-bond donors (Lipinski definition) is 1. The Morgan fingerprint density at radius 1 is 1.38 bits per heavy atom. The van der Waals surface area contributed by atoms with E-state index < -0.39 is 9.76 Å². The van der Waals surface area contributed by atoms with Gasteiger partial charge in [-0.3, -0.25) is 0 Å². The zero-order valence-electron chi connectivity index (χ0n) is 3.99. The number of halogens is 3. The number of carboxylic acids is 1. The van der Waals surface area contributed by atoms with Gasteiger partial charge in [-0.1, -0.05) is 34.8 Å². The van der Waals surface area contributed by atoms with Crippen molar-refractivity contribution in [1.29, 1.82) is 0 Å². The first-order valence-electron chi connectivity index (χ1n) is 1.24. The summed E-state index contributed by atoms with van der Waals surface area (Å²) in [5.41, 5.74) is 0. The van der Waals surface area contributed by atoms with Gasteiger partial charge in [0.1, 0.15) is 0 Å². The van der Waals surface area contributed by atoms with E-state index in [1.165, 1.54) is 0 Å². The van der Waals surface area contributed by atoms with Crippen LogP contribution in [0.15, 0.2) is 0 Å². The first-order chi connectivity index (χ1) is 2.94. The van der Waals surface area contributed by atoms with Gasteiger partial charge in [-0.2, -0.15) is 0 Å². The number of aliphatic carboxylic acids is 1. The van der Waals surface area contributed by atoms with Gasteiger partial charge in [0.2, 0.25) is 0 Å². The van der Waals surface area contributed by atoms with Gasteiger partial charge in [0.25, 0.3) is 3.79 Å². The van der Waals surface area contributed by atoms with E-state index in [1.807, 2.05) is 0 Å². The number of hydrogen-bond acceptors (Lipinski definition) is 1. The standard InChI is InChI=1S/C2HCl3O2.Li/c3-2(4,5)1(6)7;/h(H,6,7);. The Hall–Kier alpha value is 0.937. The van der Waals surface area contributed by atoms with Crippen LogP contribution in [0, 0.1) is 0 Å². The summed E-state index contributed by atoms with van der Waals surface area (Å²) in [5, 5.41) is 7.85. The predicted molar refractivity (Wildman–Crippen MR) is 33.7 cm³/mol. The molecule has 0 aliphatic heterocycles. The van der Waals surface area contributed by atoms with Crippen LogP contribution in [0.3, 0.4) is 0 Å². The molecule has 43 valence electrons. The summed E-state index contributed by atoms with van der Waals surface area (Å²) in [6.07, 6.45) is 0. The Kier molecular flexibility index (Phi) is 5.66. The molecule has 0 aliphatic carbocycles. The van der Waals surface area contributed by atoms with Crippen molar-refractivity contribution in [3.8, 4) is 0 Å². The summed E-state index contributed by atoms with van der Waals surface area (Å²) in [7, 11) is 0. The van der Waals surface area contributed by atoms with E-state index in [9.17, 15) is 4.79 Å². The van der Waals surface area contributed by atoms with Crippen molar-refractivity contribution >= 4 is 59.6 Å². The Labute approximate surface area is 73.3 Å². The fraction of sp³-hybridized carbons (Fsp3) is 0.500. The van der Waals surface area contributed by atoms with Crippen LogP contribution in [0.1, 0.15) is 0 Å². The van der Waals surface area contributed by atoms with Crippen molar-refractivity contribution in [2.45, 2.75) is 3.79 Å². The molecule has 0 aliphatic rings. The SMILES string of the molecule is O=C(O)C(Cl)(Cl)Cl.[Li]. The van der Waals surface area contributed by atoms with Crippen LogP contribution in [-0.4, -0.2) is 33.7 Å². The van der Waals surface area contributed by atoms with Crippen molar-refractivity contribution in [2.24, 2.45) is 0 Å². The normalized spacial score (nSPS) is 9.88. The van der Waals surface area contributed by atoms with Crippen molar-refractivity contribution < 1.29 is 9.90 Å². The quantitative estimate of drug-likeness (QED) is 0.436.